The van der Waals surface area contributed by atoms with Crippen molar-refractivity contribution >= 4 is 6.21 Å². The zero-order valence-electron chi connectivity index (χ0n) is 16.8. The number of benzene rings is 1. The van der Waals surface area contributed by atoms with Crippen molar-refractivity contribution in [1.82, 2.24) is 0 Å². The average Bonchev–Trinajstić information content (AvgIpc) is 2.62. The summed E-state index contributed by atoms with van der Waals surface area (Å²) in [6, 6.07) is 11.9. The largest absolute Gasteiger partial charge is 1.00 e. The minimum absolute atomic E-state index is 0. The van der Waals surface area contributed by atoms with E-state index in [1.807, 2.05) is 74.1 Å². The third-order valence-electron chi connectivity index (χ3n) is 4.18. The molecule has 0 spiro atoms. The second-order valence-corrected chi connectivity index (χ2v) is 7.54. The van der Waals surface area contributed by atoms with Crippen LogP contribution in [0.1, 0.15) is 58.9 Å². The molecule has 4 nitrogen and oxygen atoms in total. The summed E-state index contributed by atoms with van der Waals surface area (Å²) in [7, 11) is 0. The van der Waals surface area contributed by atoms with Crippen LogP contribution in [0.15, 0.2) is 48.8 Å². The predicted octanol–water partition coefficient (Wildman–Crippen LogP) is 1.65. The van der Waals surface area contributed by atoms with Gasteiger partial charge in [0.2, 0.25) is 5.69 Å². The quantitative estimate of drug-likeness (QED) is 0.226. The molecule has 0 aliphatic carbocycles. The van der Waals surface area contributed by atoms with Gasteiger partial charge in [-0.25, -0.2) is 4.74 Å². The third-order valence-corrected chi connectivity index (χ3v) is 4.18. The van der Waals surface area contributed by atoms with Crippen LogP contribution in [0, 0.1) is 5.21 Å². The zero-order chi connectivity index (χ0) is 19.0. The lowest BCUT2D eigenvalue weighted by Crippen LogP contribution is -3.00. The summed E-state index contributed by atoms with van der Waals surface area (Å²) in [5.41, 5.74) is 1.31. The summed E-state index contributed by atoms with van der Waals surface area (Å²) in [6.45, 7) is 8.57. The van der Waals surface area contributed by atoms with E-state index in [9.17, 15) is 5.21 Å². The first-order valence-corrected chi connectivity index (χ1v) is 9.46. The van der Waals surface area contributed by atoms with Crippen LogP contribution in [0.5, 0.6) is 5.75 Å². The van der Waals surface area contributed by atoms with Crippen LogP contribution in [-0.4, -0.2) is 23.1 Å². The number of halogens is 1. The molecular weight excluding hydrogens is 360 g/mol. The molecule has 0 aliphatic heterocycles. The number of pyridine rings is 1. The van der Waals surface area contributed by atoms with Crippen LogP contribution in [0.2, 0.25) is 0 Å². The van der Waals surface area contributed by atoms with Crippen molar-refractivity contribution in [3.63, 3.8) is 0 Å². The van der Waals surface area contributed by atoms with Crippen molar-refractivity contribution in [1.29, 1.82) is 0 Å². The Labute approximate surface area is 169 Å². The first-order chi connectivity index (χ1) is 12.4. The second-order valence-electron chi connectivity index (χ2n) is 7.54. The molecular formula is C22H31ClN2O2. The van der Waals surface area contributed by atoms with Crippen molar-refractivity contribution < 1.29 is 26.4 Å². The van der Waals surface area contributed by atoms with Crippen molar-refractivity contribution in [2.75, 3.05) is 6.61 Å². The molecule has 27 heavy (non-hydrogen) atoms. The highest BCUT2D eigenvalue weighted by Crippen LogP contribution is 2.20. The second kappa shape index (κ2) is 10.9. The minimum Gasteiger partial charge on any atom is -1.00 e. The monoisotopic (exact) mass is 390 g/mol. The number of nitrogens with zero attached hydrogens (tertiary/aromatic N) is 2. The predicted molar refractivity (Wildman–Crippen MR) is 106 cm³/mol. The number of aromatic nitrogens is 1. The van der Waals surface area contributed by atoms with Gasteiger partial charge in [-0.05, 0) is 12.5 Å². The standard InChI is InChI=1S/C22H31N2O2.ClH/c1-5-6-7-11-16-26-21-13-12-20(23-14-9-8-10-15-23)17-19(21)18-24(25)22(2,3)4;/h8-10,12-15,17-18H,5-7,11,16H2,1-4H3;1H/q+1;/p-1/b24-18-;. The van der Waals surface area contributed by atoms with E-state index in [-0.39, 0.29) is 12.4 Å². The zero-order valence-corrected chi connectivity index (χ0v) is 17.6. The highest BCUT2D eigenvalue weighted by molar-refractivity contribution is 5.81. The van der Waals surface area contributed by atoms with Gasteiger partial charge in [-0.2, -0.15) is 4.57 Å². The maximum atomic E-state index is 12.4. The smallest absolute Gasteiger partial charge is 0.211 e. The molecule has 0 saturated heterocycles. The lowest BCUT2D eigenvalue weighted by molar-refractivity contribution is -0.595. The van der Waals surface area contributed by atoms with Gasteiger partial charge in [0, 0.05) is 45.0 Å². The van der Waals surface area contributed by atoms with E-state index in [0.717, 1.165) is 28.2 Å². The Morgan fingerprint density at radius 3 is 2.41 bits per heavy atom. The topological polar surface area (TPSA) is 39.2 Å². The molecule has 2 rings (SSSR count). The molecule has 0 amide bonds. The first-order valence-electron chi connectivity index (χ1n) is 9.46. The van der Waals surface area contributed by atoms with Gasteiger partial charge in [0.05, 0.1) is 12.2 Å². The summed E-state index contributed by atoms with van der Waals surface area (Å²) in [5.74, 6) is 0.756. The number of hydrogen-bond acceptors (Lipinski definition) is 2. The van der Waals surface area contributed by atoms with E-state index < -0.39 is 5.54 Å². The van der Waals surface area contributed by atoms with Gasteiger partial charge >= 0.3 is 0 Å². The van der Waals surface area contributed by atoms with E-state index in [4.69, 9.17) is 4.74 Å². The van der Waals surface area contributed by atoms with Crippen LogP contribution in [0.25, 0.3) is 5.69 Å². The van der Waals surface area contributed by atoms with E-state index in [0.29, 0.717) is 6.61 Å². The Kier molecular flexibility index (Phi) is 9.30. The molecule has 0 unspecified atom stereocenters. The summed E-state index contributed by atoms with van der Waals surface area (Å²) >= 11 is 0. The summed E-state index contributed by atoms with van der Waals surface area (Å²) in [6.07, 6.45) is 10.2. The molecule has 2 aromatic rings. The molecule has 0 bridgehead atoms. The fourth-order valence-electron chi connectivity index (χ4n) is 2.53. The number of hydroxylamine groups is 1. The number of ether oxygens (including phenoxy) is 1. The van der Waals surface area contributed by atoms with Crippen LogP contribution < -0.4 is 21.7 Å². The van der Waals surface area contributed by atoms with Crippen molar-refractivity contribution in [2.24, 2.45) is 0 Å². The Bertz CT molecular complexity index is 725. The van der Waals surface area contributed by atoms with Gasteiger partial charge in [0.1, 0.15) is 5.75 Å². The maximum Gasteiger partial charge on any atom is 0.211 e. The average molecular weight is 391 g/mol. The van der Waals surface area contributed by atoms with Crippen LogP contribution in [0.3, 0.4) is 0 Å². The fraction of sp³-hybridized carbons (Fsp3) is 0.455. The van der Waals surface area contributed by atoms with E-state index in [2.05, 4.69) is 6.92 Å². The first kappa shape index (κ1) is 23.0. The maximum absolute atomic E-state index is 12.4. The molecule has 1 aromatic carbocycles. The van der Waals surface area contributed by atoms with Gasteiger partial charge in [0.25, 0.3) is 0 Å². The van der Waals surface area contributed by atoms with E-state index >= 15 is 0 Å². The Hall–Kier alpha value is -2.07. The van der Waals surface area contributed by atoms with Crippen molar-refractivity contribution in [2.45, 2.75) is 58.9 Å². The van der Waals surface area contributed by atoms with Gasteiger partial charge in [-0.15, -0.1) is 0 Å². The highest BCUT2D eigenvalue weighted by Gasteiger charge is 2.20. The molecule has 0 radical (unpaired) electrons. The highest BCUT2D eigenvalue weighted by atomic mass is 35.5. The minimum atomic E-state index is -0.492. The van der Waals surface area contributed by atoms with Crippen molar-refractivity contribution in [3.05, 3.63) is 59.6 Å². The molecule has 1 aromatic heterocycles. The fourth-order valence-corrected chi connectivity index (χ4v) is 2.53. The molecule has 5 heteroatoms. The Balaban J connectivity index is 0.00000364. The summed E-state index contributed by atoms with van der Waals surface area (Å²) in [5, 5.41) is 12.4. The third kappa shape index (κ3) is 7.22. The Morgan fingerprint density at radius 2 is 1.78 bits per heavy atom. The number of unbranched alkanes of at least 4 members (excludes halogenated alkanes) is 3. The molecule has 148 valence electrons. The normalized spacial score (nSPS) is 11.8. The lowest BCUT2D eigenvalue weighted by Gasteiger charge is -2.19. The van der Waals surface area contributed by atoms with Gasteiger partial charge < -0.3 is 22.4 Å². The summed E-state index contributed by atoms with van der Waals surface area (Å²) in [4.78, 5) is 0. The van der Waals surface area contributed by atoms with Crippen LogP contribution in [-0.2, 0) is 0 Å². The van der Waals surface area contributed by atoms with Crippen LogP contribution >= 0.6 is 0 Å². The molecule has 0 atom stereocenters. The number of rotatable bonds is 8. The molecule has 0 fully saturated rings. The number of hydrogen-bond donors (Lipinski definition) is 0. The molecule has 0 saturated carbocycles. The van der Waals surface area contributed by atoms with E-state index in [1.165, 1.54) is 19.3 Å². The SMILES string of the molecule is CCCCCCOc1ccc(-[n+]2ccccc2)cc1/C=[N+](\[O-])C(C)(C)C.[Cl-]. The van der Waals surface area contributed by atoms with E-state index in [1.54, 1.807) is 6.21 Å². The lowest BCUT2D eigenvalue weighted by atomic mass is 10.1. The van der Waals surface area contributed by atoms with Crippen LogP contribution in [0.4, 0.5) is 0 Å². The Morgan fingerprint density at radius 1 is 1.07 bits per heavy atom. The summed E-state index contributed by atoms with van der Waals surface area (Å²) < 4.78 is 9.00. The molecule has 0 N–H and O–H groups in total. The van der Waals surface area contributed by atoms with Gasteiger partial charge in [-0.3, -0.25) is 0 Å². The molecule has 1 heterocycles. The molecule has 0 aliphatic rings. The van der Waals surface area contributed by atoms with Crippen molar-refractivity contribution in [3.8, 4) is 11.4 Å². The van der Waals surface area contributed by atoms with Gasteiger partial charge in [0.15, 0.2) is 24.1 Å². The van der Waals surface area contributed by atoms with Gasteiger partial charge in [-0.1, -0.05) is 32.3 Å².